The summed E-state index contributed by atoms with van der Waals surface area (Å²) in [7, 11) is -3.54. The smallest absolute Gasteiger partial charge is 0.243 e. The second-order valence-corrected chi connectivity index (χ2v) is 10.1. The van der Waals surface area contributed by atoms with Crippen molar-refractivity contribution < 1.29 is 13.2 Å². The van der Waals surface area contributed by atoms with Crippen molar-refractivity contribution in [2.45, 2.75) is 43.5 Å². The Kier molecular flexibility index (Phi) is 5.27. The van der Waals surface area contributed by atoms with Crippen LogP contribution in [0.15, 0.2) is 29.2 Å². The normalized spacial score (nSPS) is 27.5. The number of amides is 1. The number of piperazine rings is 1. The minimum atomic E-state index is -3.54. The lowest BCUT2D eigenvalue weighted by atomic mass is 9.97. The van der Waals surface area contributed by atoms with Gasteiger partial charge in [-0.2, -0.15) is 4.31 Å². The van der Waals surface area contributed by atoms with E-state index >= 15 is 0 Å². The summed E-state index contributed by atoms with van der Waals surface area (Å²) in [5.74, 6) is -0.0720. The summed E-state index contributed by atoms with van der Waals surface area (Å²) in [6, 6.07) is 7.46. The highest BCUT2D eigenvalue weighted by atomic mass is 32.2. The molecular formula is C20H29N3O3S. The van der Waals surface area contributed by atoms with E-state index in [9.17, 15) is 13.2 Å². The van der Waals surface area contributed by atoms with E-state index in [4.69, 9.17) is 0 Å². The molecule has 2 unspecified atom stereocenters. The Bertz CT molecular complexity index is 793. The Morgan fingerprint density at radius 2 is 1.70 bits per heavy atom. The second kappa shape index (κ2) is 7.53. The monoisotopic (exact) mass is 391 g/mol. The Morgan fingerprint density at radius 3 is 2.48 bits per heavy atom. The van der Waals surface area contributed by atoms with E-state index in [0.717, 1.165) is 44.6 Å². The molecule has 148 valence electrons. The first-order valence-electron chi connectivity index (χ1n) is 10.0. The molecule has 1 aromatic rings. The van der Waals surface area contributed by atoms with Crippen molar-refractivity contribution in [3.05, 3.63) is 29.8 Å². The molecule has 3 aliphatic rings. The van der Waals surface area contributed by atoms with E-state index in [2.05, 4.69) is 4.90 Å². The van der Waals surface area contributed by atoms with Crippen molar-refractivity contribution in [1.29, 1.82) is 0 Å². The average Bonchev–Trinajstić information content (AvgIpc) is 3.15. The van der Waals surface area contributed by atoms with E-state index < -0.39 is 10.0 Å². The average molecular weight is 392 g/mol. The highest BCUT2D eigenvalue weighted by Gasteiger charge is 2.38. The lowest BCUT2D eigenvalue weighted by Gasteiger charge is -2.40. The molecule has 1 aromatic carbocycles. The largest absolute Gasteiger partial charge is 0.340 e. The van der Waals surface area contributed by atoms with E-state index in [1.54, 1.807) is 12.1 Å². The third-order valence-corrected chi connectivity index (χ3v) is 8.17. The van der Waals surface area contributed by atoms with Gasteiger partial charge in [0, 0.05) is 38.8 Å². The molecule has 3 fully saturated rings. The van der Waals surface area contributed by atoms with Crippen molar-refractivity contribution >= 4 is 15.9 Å². The fraction of sp³-hybridized carbons (Fsp3) is 0.650. The van der Waals surface area contributed by atoms with Crippen molar-refractivity contribution in [3.63, 3.8) is 0 Å². The maximum Gasteiger partial charge on any atom is 0.243 e. The topological polar surface area (TPSA) is 60.9 Å². The predicted molar refractivity (Wildman–Crippen MR) is 104 cm³/mol. The fourth-order valence-electron chi connectivity index (χ4n) is 4.67. The predicted octanol–water partition coefficient (Wildman–Crippen LogP) is 1.70. The van der Waals surface area contributed by atoms with Crippen LogP contribution in [-0.2, 0) is 14.8 Å². The van der Waals surface area contributed by atoms with Crippen molar-refractivity contribution in [3.8, 4) is 0 Å². The molecule has 2 atom stereocenters. The van der Waals surface area contributed by atoms with Gasteiger partial charge in [-0.15, -0.1) is 0 Å². The Balaban J connectivity index is 1.44. The number of carbonyl (C=O) groups is 1. The van der Waals surface area contributed by atoms with Gasteiger partial charge >= 0.3 is 0 Å². The second-order valence-electron chi connectivity index (χ2n) is 8.13. The quantitative estimate of drug-likeness (QED) is 0.787. The first-order chi connectivity index (χ1) is 12.9. The van der Waals surface area contributed by atoms with Gasteiger partial charge in [-0.05, 0) is 51.3 Å². The number of hydrogen-bond donors (Lipinski definition) is 0. The first-order valence-corrected chi connectivity index (χ1v) is 11.5. The summed E-state index contributed by atoms with van der Waals surface area (Å²) >= 11 is 0. The van der Waals surface area contributed by atoms with Gasteiger partial charge in [-0.1, -0.05) is 17.7 Å². The van der Waals surface area contributed by atoms with Gasteiger partial charge in [0.2, 0.25) is 15.9 Å². The van der Waals surface area contributed by atoms with Crippen LogP contribution in [0, 0.1) is 12.8 Å². The van der Waals surface area contributed by atoms with Crippen LogP contribution in [0.4, 0.5) is 0 Å². The van der Waals surface area contributed by atoms with Crippen LogP contribution in [0.3, 0.4) is 0 Å². The number of aryl methyl sites for hydroxylation is 1. The number of sulfonamides is 1. The summed E-state index contributed by atoms with van der Waals surface area (Å²) in [5.41, 5.74) is 1.03. The van der Waals surface area contributed by atoms with Crippen LogP contribution in [0.1, 0.15) is 31.2 Å². The van der Waals surface area contributed by atoms with E-state index in [-0.39, 0.29) is 11.8 Å². The molecule has 1 amide bonds. The molecule has 0 spiro atoms. The zero-order valence-corrected chi connectivity index (χ0v) is 16.8. The van der Waals surface area contributed by atoms with Gasteiger partial charge in [0.05, 0.1) is 10.8 Å². The maximum atomic E-state index is 13.1. The zero-order chi connectivity index (χ0) is 19.0. The lowest BCUT2D eigenvalue weighted by Crippen LogP contribution is -2.55. The molecule has 27 heavy (non-hydrogen) atoms. The highest BCUT2D eigenvalue weighted by molar-refractivity contribution is 7.89. The molecule has 4 rings (SSSR count). The van der Waals surface area contributed by atoms with Crippen LogP contribution in [-0.4, -0.2) is 73.7 Å². The van der Waals surface area contributed by atoms with Crippen molar-refractivity contribution in [2.24, 2.45) is 5.92 Å². The molecule has 0 saturated carbocycles. The SMILES string of the molecule is Cc1ccc(S(=O)(=O)N2CCCC(C(=O)N3CCN4CCCC4C3)C2)cc1. The fourth-order valence-corrected chi connectivity index (χ4v) is 6.19. The van der Waals surface area contributed by atoms with Crippen molar-refractivity contribution in [2.75, 3.05) is 39.3 Å². The molecule has 0 aromatic heterocycles. The van der Waals surface area contributed by atoms with Gasteiger partial charge in [-0.25, -0.2) is 8.42 Å². The molecule has 3 saturated heterocycles. The van der Waals surface area contributed by atoms with E-state index in [1.807, 2.05) is 24.0 Å². The molecular weight excluding hydrogens is 362 g/mol. The molecule has 0 bridgehead atoms. The number of benzene rings is 1. The van der Waals surface area contributed by atoms with Crippen molar-refractivity contribution in [1.82, 2.24) is 14.1 Å². The number of hydrogen-bond acceptors (Lipinski definition) is 4. The van der Waals surface area contributed by atoms with Gasteiger partial charge in [-0.3, -0.25) is 9.69 Å². The molecule has 3 heterocycles. The minimum Gasteiger partial charge on any atom is -0.340 e. The Labute approximate surface area is 162 Å². The van der Waals surface area contributed by atoms with Crippen LogP contribution >= 0.6 is 0 Å². The van der Waals surface area contributed by atoms with E-state index in [1.165, 1.54) is 17.1 Å². The van der Waals surface area contributed by atoms with Crippen LogP contribution in [0.5, 0.6) is 0 Å². The zero-order valence-electron chi connectivity index (χ0n) is 16.0. The standard InChI is InChI=1S/C20H29N3O3S/c1-16-6-8-19(9-7-16)27(25,26)23-11-2-4-17(14-23)20(24)22-13-12-21-10-3-5-18(21)15-22/h6-9,17-18H,2-5,10-15H2,1H3. The van der Waals surface area contributed by atoms with Gasteiger partial charge < -0.3 is 4.90 Å². The van der Waals surface area contributed by atoms with Crippen LogP contribution in [0.2, 0.25) is 0 Å². The number of piperidine rings is 1. The Hall–Kier alpha value is -1.44. The number of nitrogens with zero attached hydrogens (tertiary/aromatic N) is 3. The third-order valence-electron chi connectivity index (χ3n) is 6.29. The number of carbonyl (C=O) groups excluding carboxylic acids is 1. The highest BCUT2D eigenvalue weighted by Crippen LogP contribution is 2.27. The maximum absolute atomic E-state index is 13.1. The molecule has 0 N–H and O–H groups in total. The summed E-state index contributed by atoms with van der Waals surface area (Å²) < 4.78 is 27.5. The summed E-state index contributed by atoms with van der Waals surface area (Å²) in [5, 5.41) is 0. The number of fused-ring (bicyclic) bond motifs is 1. The summed E-state index contributed by atoms with van der Waals surface area (Å²) in [6.45, 7) is 6.43. The van der Waals surface area contributed by atoms with Gasteiger partial charge in [0.1, 0.15) is 0 Å². The van der Waals surface area contributed by atoms with E-state index in [0.29, 0.717) is 24.0 Å². The lowest BCUT2D eigenvalue weighted by molar-refractivity contribution is -0.139. The van der Waals surface area contributed by atoms with Crippen LogP contribution < -0.4 is 0 Å². The van der Waals surface area contributed by atoms with Crippen LogP contribution in [0.25, 0.3) is 0 Å². The molecule has 0 aliphatic carbocycles. The molecule has 3 aliphatic heterocycles. The number of rotatable bonds is 3. The van der Waals surface area contributed by atoms with Gasteiger partial charge in [0.15, 0.2) is 0 Å². The van der Waals surface area contributed by atoms with Gasteiger partial charge in [0.25, 0.3) is 0 Å². The minimum absolute atomic E-state index is 0.144. The summed E-state index contributed by atoms with van der Waals surface area (Å²) in [6.07, 6.45) is 3.91. The molecule has 6 nitrogen and oxygen atoms in total. The first kappa shape index (κ1) is 18.9. The third kappa shape index (κ3) is 3.77. The molecule has 0 radical (unpaired) electrons. The Morgan fingerprint density at radius 1 is 0.963 bits per heavy atom. The summed E-state index contributed by atoms with van der Waals surface area (Å²) in [4.78, 5) is 17.9. The molecule has 7 heteroatoms.